The molecule has 5 N–H and O–H groups in total. The van der Waals surface area contributed by atoms with E-state index >= 15 is 0 Å². The highest BCUT2D eigenvalue weighted by Crippen LogP contribution is 2.41. The lowest BCUT2D eigenvalue weighted by Crippen LogP contribution is -2.39. The second kappa shape index (κ2) is 13.2. The molecule has 39 heavy (non-hydrogen) atoms. The number of carbonyl (C=O) groups excluding carboxylic acids is 1. The Labute approximate surface area is 228 Å². The summed E-state index contributed by atoms with van der Waals surface area (Å²) in [5, 5.41) is 33.8. The first-order valence-electron chi connectivity index (χ1n) is 13.1. The number of benzene rings is 3. The van der Waals surface area contributed by atoms with Crippen LogP contribution in [0.25, 0.3) is 22.0 Å². The van der Waals surface area contributed by atoms with Crippen LogP contribution < -0.4 is 14.8 Å². The molecule has 0 aliphatic heterocycles. The van der Waals surface area contributed by atoms with Gasteiger partial charge in [0.25, 0.3) is 5.91 Å². The van der Waals surface area contributed by atoms with Gasteiger partial charge < -0.3 is 35.1 Å². The van der Waals surface area contributed by atoms with Crippen molar-refractivity contribution in [2.24, 2.45) is 0 Å². The number of ether oxygens (including phenoxy) is 2. The van der Waals surface area contributed by atoms with Crippen molar-refractivity contribution in [3.8, 4) is 28.4 Å². The summed E-state index contributed by atoms with van der Waals surface area (Å²) in [7, 11) is 2.96. The maximum atomic E-state index is 13.5. The molecule has 8 nitrogen and oxygen atoms in total. The van der Waals surface area contributed by atoms with E-state index in [1.165, 1.54) is 14.2 Å². The van der Waals surface area contributed by atoms with Crippen LogP contribution in [0.3, 0.4) is 0 Å². The molecule has 0 saturated carbocycles. The zero-order valence-electron chi connectivity index (χ0n) is 22.4. The second-order valence-corrected chi connectivity index (χ2v) is 9.60. The van der Waals surface area contributed by atoms with Gasteiger partial charge in [0.1, 0.15) is 0 Å². The molecule has 0 saturated heterocycles. The molecule has 1 amide bonds. The van der Waals surface area contributed by atoms with E-state index < -0.39 is 6.04 Å². The number of hydrogen-bond donors (Lipinski definition) is 5. The minimum absolute atomic E-state index is 0.0646. The highest BCUT2D eigenvalue weighted by Gasteiger charge is 2.19. The highest BCUT2D eigenvalue weighted by molar-refractivity contribution is 5.96. The van der Waals surface area contributed by atoms with Gasteiger partial charge in [-0.1, -0.05) is 30.7 Å². The normalized spacial score (nSPS) is 11.9. The van der Waals surface area contributed by atoms with Crippen molar-refractivity contribution in [1.29, 1.82) is 0 Å². The molecular formula is C31H36N2O6. The van der Waals surface area contributed by atoms with Gasteiger partial charge in [-0.3, -0.25) is 4.79 Å². The number of fused-ring (bicyclic) bond motifs is 1. The SMILES string of the molecule is COc1cc(-c2cc(CCCCCO)cc(C(=O)N[C@@H](CO)Cc3c[nH]c4ccccc34)c2)cc(O)c1OC. The van der Waals surface area contributed by atoms with Gasteiger partial charge in [0.15, 0.2) is 11.5 Å². The van der Waals surface area contributed by atoms with Crippen LogP contribution in [0.15, 0.2) is 60.8 Å². The Kier molecular flexibility index (Phi) is 9.46. The number of aryl methyl sites for hydroxylation is 1. The number of aromatic amines is 1. The van der Waals surface area contributed by atoms with E-state index in [9.17, 15) is 15.0 Å². The summed E-state index contributed by atoms with van der Waals surface area (Å²) < 4.78 is 10.7. The van der Waals surface area contributed by atoms with Crippen molar-refractivity contribution in [3.05, 3.63) is 77.5 Å². The van der Waals surface area contributed by atoms with Crippen LogP contribution in [0.5, 0.6) is 17.2 Å². The summed E-state index contributed by atoms with van der Waals surface area (Å²) in [6, 6.07) is 16.4. The Morgan fingerprint density at radius 3 is 2.51 bits per heavy atom. The van der Waals surface area contributed by atoms with Crippen LogP contribution in [0.2, 0.25) is 0 Å². The summed E-state index contributed by atoms with van der Waals surface area (Å²) in [6.45, 7) is -0.0555. The number of nitrogens with one attached hydrogen (secondary N) is 2. The number of para-hydroxylation sites is 1. The number of rotatable bonds is 13. The molecule has 1 heterocycles. The lowest BCUT2D eigenvalue weighted by Gasteiger charge is -2.18. The molecule has 0 bridgehead atoms. The summed E-state index contributed by atoms with van der Waals surface area (Å²) in [5.41, 5.74) is 4.86. The van der Waals surface area contributed by atoms with Crippen molar-refractivity contribution in [2.45, 2.75) is 38.1 Å². The average Bonchev–Trinajstić information content (AvgIpc) is 3.36. The Morgan fingerprint density at radius 2 is 1.77 bits per heavy atom. The van der Waals surface area contributed by atoms with E-state index in [1.807, 2.05) is 42.6 Å². The first kappa shape index (κ1) is 28.0. The van der Waals surface area contributed by atoms with Crippen molar-refractivity contribution in [2.75, 3.05) is 27.4 Å². The van der Waals surface area contributed by atoms with Crippen LogP contribution in [0.4, 0.5) is 0 Å². The second-order valence-electron chi connectivity index (χ2n) is 9.60. The predicted molar refractivity (Wildman–Crippen MR) is 152 cm³/mol. The quantitative estimate of drug-likeness (QED) is 0.160. The van der Waals surface area contributed by atoms with Crippen molar-refractivity contribution >= 4 is 16.8 Å². The summed E-state index contributed by atoms with van der Waals surface area (Å²) in [4.78, 5) is 16.7. The van der Waals surface area contributed by atoms with Gasteiger partial charge in [-0.05, 0) is 78.3 Å². The number of aromatic hydroxyl groups is 1. The molecule has 0 spiro atoms. The largest absolute Gasteiger partial charge is 0.504 e. The predicted octanol–water partition coefficient (Wildman–Crippen LogP) is 4.60. The maximum absolute atomic E-state index is 13.5. The molecule has 0 aliphatic carbocycles. The van der Waals surface area contributed by atoms with Crippen LogP contribution in [-0.2, 0) is 12.8 Å². The Hall–Kier alpha value is -4.01. The number of carbonyl (C=O) groups is 1. The van der Waals surface area contributed by atoms with Gasteiger partial charge in [0.05, 0.1) is 26.9 Å². The van der Waals surface area contributed by atoms with Gasteiger partial charge in [-0.2, -0.15) is 0 Å². The molecule has 4 rings (SSSR count). The fourth-order valence-corrected chi connectivity index (χ4v) is 4.86. The monoisotopic (exact) mass is 532 g/mol. The van der Waals surface area contributed by atoms with Crippen LogP contribution >= 0.6 is 0 Å². The standard InChI is InChI=1S/C31H36N2O6/c1-38-29-17-22(16-28(36)30(29)39-2)21-12-20(8-4-3-7-11-34)13-23(14-21)31(37)33-25(19-35)15-24-18-32-27-10-6-5-9-26(24)27/h5-6,9-10,12-14,16-18,25,32,34-36H,3-4,7-8,11,15,19H2,1-2H3,(H,33,37)/t25-/m1/s1. The first-order chi connectivity index (χ1) is 19.0. The number of hydrogen-bond acceptors (Lipinski definition) is 6. The van der Waals surface area contributed by atoms with E-state index in [-0.39, 0.29) is 30.6 Å². The number of phenols is 1. The summed E-state index contributed by atoms with van der Waals surface area (Å²) in [6.07, 6.45) is 5.57. The number of aromatic nitrogens is 1. The molecule has 0 unspecified atom stereocenters. The van der Waals surface area contributed by atoms with Crippen LogP contribution in [-0.4, -0.2) is 59.7 Å². The fourth-order valence-electron chi connectivity index (χ4n) is 4.86. The molecule has 0 radical (unpaired) electrons. The number of H-pyrrole nitrogens is 1. The first-order valence-corrected chi connectivity index (χ1v) is 13.1. The van der Waals surface area contributed by atoms with Crippen molar-refractivity contribution in [3.63, 3.8) is 0 Å². The minimum atomic E-state index is -0.474. The zero-order valence-corrected chi connectivity index (χ0v) is 22.4. The molecule has 4 aromatic rings. The van der Waals surface area contributed by atoms with Gasteiger partial charge in [0.2, 0.25) is 5.75 Å². The number of phenolic OH excluding ortho intramolecular Hbond substituents is 1. The minimum Gasteiger partial charge on any atom is -0.504 e. The third-order valence-electron chi connectivity index (χ3n) is 6.87. The smallest absolute Gasteiger partial charge is 0.251 e. The lowest BCUT2D eigenvalue weighted by molar-refractivity contribution is 0.0916. The molecular weight excluding hydrogens is 496 g/mol. The molecule has 206 valence electrons. The Balaban J connectivity index is 1.62. The van der Waals surface area contributed by atoms with E-state index in [0.29, 0.717) is 23.3 Å². The van der Waals surface area contributed by atoms with E-state index in [0.717, 1.165) is 53.3 Å². The maximum Gasteiger partial charge on any atom is 0.251 e. The lowest BCUT2D eigenvalue weighted by atomic mass is 9.96. The highest BCUT2D eigenvalue weighted by atomic mass is 16.5. The van der Waals surface area contributed by atoms with E-state index in [1.54, 1.807) is 18.2 Å². The Morgan fingerprint density at radius 1 is 0.974 bits per heavy atom. The average molecular weight is 533 g/mol. The molecule has 0 aliphatic rings. The number of aliphatic hydroxyl groups excluding tert-OH is 2. The van der Waals surface area contributed by atoms with Crippen LogP contribution in [0.1, 0.15) is 40.7 Å². The van der Waals surface area contributed by atoms with Gasteiger partial charge >= 0.3 is 0 Å². The molecule has 1 atom stereocenters. The Bertz CT molecular complexity index is 1410. The third-order valence-corrected chi connectivity index (χ3v) is 6.87. The van der Waals surface area contributed by atoms with Crippen LogP contribution in [0, 0.1) is 0 Å². The molecule has 1 aromatic heterocycles. The molecule has 8 heteroatoms. The van der Waals surface area contributed by atoms with Gasteiger partial charge in [-0.25, -0.2) is 0 Å². The number of unbranched alkanes of at least 4 members (excludes halogenated alkanes) is 2. The van der Waals surface area contributed by atoms with Crippen molar-refractivity contribution in [1.82, 2.24) is 10.3 Å². The van der Waals surface area contributed by atoms with E-state index in [2.05, 4.69) is 10.3 Å². The number of amides is 1. The number of methoxy groups -OCH3 is 2. The third kappa shape index (κ3) is 6.71. The van der Waals surface area contributed by atoms with E-state index in [4.69, 9.17) is 14.6 Å². The topological polar surface area (TPSA) is 124 Å². The zero-order chi connectivity index (χ0) is 27.8. The van der Waals surface area contributed by atoms with Crippen molar-refractivity contribution < 1.29 is 29.6 Å². The fraction of sp³-hybridized carbons (Fsp3) is 0.323. The molecule has 0 fully saturated rings. The van der Waals surface area contributed by atoms with Gasteiger partial charge in [-0.15, -0.1) is 0 Å². The summed E-state index contributed by atoms with van der Waals surface area (Å²) in [5.74, 6) is 0.260. The van der Waals surface area contributed by atoms with Gasteiger partial charge in [0, 0.05) is 29.3 Å². The number of aliphatic hydroxyl groups is 2. The molecule has 3 aromatic carbocycles. The summed E-state index contributed by atoms with van der Waals surface area (Å²) >= 11 is 0.